The van der Waals surface area contributed by atoms with Gasteiger partial charge in [-0.15, -0.1) is 0 Å². The molecule has 1 fully saturated rings. The number of amides is 2. The van der Waals surface area contributed by atoms with Crippen molar-refractivity contribution in [2.24, 2.45) is 0 Å². The smallest absolute Gasteiger partial charge is 0.295 e. The highest BCUT2D eigenvalue weighted by Crippen LogP contribution is 2.31. The number of H-pyrrole nitrogens is 1. The lowest BCUT2D eigenvalue weighted by atomic mass is 9.97. The summed E-state index contributed by atoms with van der Waals surface area (Å²) in [5.41, 5.74) is 2.58. The van der Waals surface area contributed by atoms with Gasteiger partial charge in [0.1, 0.15) is 11.7 Å². The standard InChI is InChI=1S/C28H24N4O5/c1-17-15-31(27(36)18-5-3-2-4-6-18)11-12-32(17)28(37)26(35)22-14-30-25-21(22)9-10-29-24(25)19-7-8-20(16-33)23(34)13-19/h2-7,9-10,13-14,17,30,34H,8,11-12,15H2,1H3/t17-/m1/s1. The van der Waals surface area contributed by atoms with E-state index in [-0.39, 0.29) is 41.8 Å². The quantitative estimate of drug-likeness (QED) is 0.325. The van der Waals surface area contributed by atoms with Gasteiger partial charge in [0.05, 0.1) is 22.3 Å². The molecule has 3 aromatic rings. The lowest BCUT2D eigenvalue weighted by Gasteiger charge is -2.39. The van der Waals surface area contributed by atoms with Gasteiger partial charge in [-0.3, -0.25) is 19.4 Å². The molecular formula is C28H24N4O5. The molecule has 186 valence electrons. The summed E-state index contributed by atoms with van der Waals surface area (Å²) >= 11 is 0. The van der Waals surface area contributed by atoms with Crippen LogP contribution in [0.3, 0.4) is 0 Å². The van der Waals surface area contributed by atoms with E-state index >= 15 is 0 Å². The molecule has 9 heteroatoms. The molecule has 0 unspecified atom stereocenters. The summed E-state index contributed by atoms with van der Waals surface area (Å²) in [6.45, 7) is 2.74. The number of aliphatic hydroxyl groups excluding tert-OH is 1. The summed E-state index contributed by atoms with van der Waals surface area (Å²) in [4.78, 5) is 60.9. The fraction of sp³-hybridized carbons (Fsp3) is 0.214. The van der Waals surface area contributed by atoms with E-state index in [4.69, 9.17) is 0 Å². The minimum atomic E-state index is -0.653. The molecule has 0 bridgehead atoms. The number of hydrogen-bond acceptors (Lipinski definition) is 6. The average molecular weight is 497 g/mol. The number of piperazine rings is 1. The Morgan fingerprint density at radius 2 is 1.92 bits per heavy atom. The predicted octanol–water partition coefficient (Wildman–Crippen LogP) is 3.11. The number of fused-ring (bicyclic) bond motifs is 1. The second-order valence-corrected chi connectivity index (χ2v) is 9.05. The van der Waals surface area contributed by atoms with Crippen molar-refractivity contribution >= 4 is 40.0 Å². The monoisotopic (exact) mass is 496 g/mol. The molecule has 2 aliphatic rings. The normalized spacial score (nSPS) is 17.8. The highest BCUT2D eigenvalue weighted by atomic mass is 16.3. The number of allylic oxidation sites excluding steroid dienone is 4. The zero-order chi connectivity index (χ0) is 26.1. The predicted molar refractivity (Wildman–Crippen MR) is 136 cm³/mol. The Morgan fingerprint density at radius 3 is 2.62 bits per heavy atom. The zero-order valence-corrected chi connectivity index (χ0v) is 20.1. The Balaban J connectivity index is 1.35. The van der Waals surface area contributed by atoms with Gasteiger partial charge in [0.2, 0.25) is 0 Å². The van der Waals surface area contributed by atoms with Crippen LogP contribution in [0.15, 0.2) is 72.3 Å². The number of nitrogens with one attached hydrogen (secondary N) is 1. The molecule has 1 aliphatic heterocycles. The number of aromatic amines is 1. The van der Waals surface area contributed by atoms with Gasteiger partial charge in [0.15, 0.2) is 0 Å². The highest BCUT2D eigenvalue weighted by Gasteiger charge is 2.34. The Morgan fingerprint density at radius 1 is 1.14 bits per heavy atom. The maximum Gasteiger partial charge on any atom is 0.295 e. The van der Waals surface area contributed by atoms with Gasteiger partial charge < -0.3 is 19.9 Å². The van der Waals surface area contributed by atoms with Crippen LogP contribution < -0.4 is 0 Å². The van der Waals surface area contributed by atoms with Crippen molar-refractivity contribution in [3.63, 3.8) is 0 Å². The van der Waals surface area contributed by atoms with E-state index < -0.39 is 11.7 Å². The Kier molecular flexibility index (Phi) is 6.29. The Hall–Kier alpha value is -4.75. The summed E-state index contributed by atoms with van der Waals surface area (Å²) < 4.78 is 0. The van der Waals surface area contributed by atoms with Crippen LogP contribution in [0.25, 0.3) is 16.5 Å². The van der Waals surface area contributed by atoms with Crippen LogP contribution in [0.4, 0.5) is 0 Å². The van der Waals surface area contributed by atoms with E-state index in [1.165, 1.54) is 23.4 Å². The molecule has 0 radical (unpaired) electrons. The molecule has 2 aromatic heterocycles. The topological polar surface area (TPSA) is 124 Å². The first-order valence-corrected chi connectivity index (χ1v) is 11.9. The van der Waals surface area contributed by atoms with Crippen LogP contribution in [0.5, 0.6) is 0 Å². The first-order valence-electron chi connectivity index (χ1n) is 11.9. The number of rotatable bonds is 4. The van der Waals surface area contributed by atoms with Crippen LogP contribution in [-0.4, -0.2) is 74.1 Å². The third kappa shape index (κ3) is 4.37. The largest absolute Gasteiger partial charge is 0.507 e. The Labute approximate surface area is 212 Å². The maximum absolute atomic E-state index is 13.3. The van der Waals surface area contributed by atoms with E-state index in [0.717, 1.165) is 0 Å². The van der Waals surface area contributed by atoms with Crippen molar-refractivity contribution in [2.45, 2.75) is 19.4 Å². The minimum Gasteiger partial charge on any atom is -0.507 e. The summed E-state index contributed by atoms with van der Waals surface area (Å²) in [5.74, 6) is 0.151. The van der Waals surface area contributed by atoms with E-state index in [1.807, 2.05) is 13.0 Å². The average Bonchev–Trinajstić information content (AvgIpc) is 3.36. The van der Waals surface area contributed by atoms with Gasteiger partial charge in [0.25, 0.3) is 17.6 Å². The molecule has 37 heavy (non-hydrogen) atoms. The number of aliphatic hydroxyl groups is 1. The molecule has 1 aromatic carbocycles. The van der Waals surface area contributed by atoms with Crippen molar-refractivity contribution < 1.29 is 24.3 Å². The van der Waals surface area contributed by atoms with E-state index in [1.54, 1.807) is 47.2 Å². The van der Waals surface area contributed by atoms with Gasteiger partial charge in [-0.25, -0.2) is 4.79 Å². The summed E-state index contributed by atoms with van der Waals surface area (Å²) in [6.07, 6.45) is 6.39. The molecule has 1 aliphatic carbocycles. The maximum atomic E-state index is 13.3. The first-order chi connectivity index (χ1) is 17.9. The van der Waals surface area contributed by atoms with Crippen LogP contribution in [0.2, 0.25) is 0 Å². The first kappa shape index (κ1) is 24.0. The number of aromatic nitrogens is 2. The third-order valence-electron chi connectivity index (χ3n) is 6.76. The van der Waals surface area contributed by atoms with Crippen molar-refractivity contribution in [2.75, 3.05) is 19.6 Å². The molecular weight excluding hydrogens is 472 g/mol. The van der Waals surface area contributed by atoms with E-state index in [2.05, 4.69) is 9.97 Å². The molecule has 2 amide bonds. The second kappa shape index (κ2) is 9.72. The molecule has 5 rings (SSSR count). The molecule has 3 heterocycles. The van der Waals surface area contributed by atoms with Crippen molar-refractivity contribution in [3.05, 3.63) is 89.1 Å². The van der Waals surface area contributed by atoms with Gasteiger partial charge in [-0.05, 0) is 31.2 Å². The fourth-order valence-corrected chi connectivity index (χ4v) is 4.78. The van der Waals surface area contributed by atoms with Gasteiger partial charge in [-0.1, -0.05) is 24.3 Å². The second-order valence-electron chi connectivity index (χ2n) is 9.05. The third-order valence-corrected chi connectivity index (χ3v) is 6.76. The number of carbonyl (C=O) groups is 3. The number of carbonyl (C=O) groups excluding carboxylic acids is 4. The lowest BCUT2D eigenvalue weighted by Crippen LogP contribution is -2.56. The van der Waals surface area contributed by atoms with Crippen LogP contribution in [-0.2, 0) is 9.59 Å². The number of Topliss-reactive ketones (excluding diaryl/α,β-unsaturated/α-hetero) is 1. The summed E-state index contributed by atoms with van der Waals surface area (Å²) in [5, 5.41) is 10.6. The summed E-state index contributed by atoms with van der Waals surface area (Å²) in [6, 6.07) is 10.3. The van der Waals surface area contributed by atoms with Gasteiger partial charge in [-0.2, -0.15) is 0 Å². The van der Waals surface area contributed by atoms with Crippen molar-refractivity contribution in [3.8, 4) is 0 Å². The molecule has 0 spiro atoms. The molecule has 2 N–H and O–H groups in total. The highest BCUT2D eigenvalue weighted by molar-refractivity contribution is 6.45. The molecule has 1 saturated heterocycles. The van der Waals surface area contributed by atoms with Crippen molar-refractivity contribution in [1.82, 2.24) is 19.8 Å². The zero-order valence-electron chi connectivity index (χ0n) is 20.1. The van der Waals surface area contributed by atoms with Gasteiger partial charge >= 0.3 is 0 Å². The number of benzene rings is 1. The van der Waals surface area contributed by atoms with Crippen LogP contribution >= 0.6 is 0 Å². The molecule has 0 saturated carbocycles. The van der Waals surface area contributed by atoms with Crippen molar-refractivity contribution in [1.29, 1.82) is 0 Å². The summed E-state index contributed by atoms with van der Waals surface area (Å²) in [7, 11) is 0. The minimum absolute atomic E-state index is 0.101. The number of pyridine rings is 1. The SMILES string of the molecule is C[C@@H]1CN(C(=O)c2ccccc2)CCN1C(=O)C(=O)c1c[nH]c2c(C3=CCC(=C=O)C(O)=C3)nccc12. The Bertz CT molecular complexity index is 1530. The van der Waals surface area contributed by atoms with Gasteiger partial charge in [0, 0.05) is 61.0 Å². The fourth-order valence-electron chi connectivity index (χ4n) is 4.78. The van der Waals surface area contributed by atoms with Crippen LogP contribution in [0, 0.1) is 0 Å². The van der Waals surface area contributed by atoms with E-state index in [0.29, 0.717) is 40.8 Å². The molecule has 9 nitrogen and oxygen atoms in total. The number of nitrogens with zero attached hydrogens (tertiary/aromatic N) is 3. The molecule has 1 atom stereocenters. The number of ketones is 1. The lowest BCUT2D eigenvalue weighted by molar-refractivity contribution is -0.130. The van der Waals surface area contributed by atoms with E-state index in [9.17, 15) is 24.3 Å². The number of hydrogen-bond donors (Lipinski definition) is 2. The van der Waals surface area contributed by atoms with Crippen LogP contribution in [0.1, 0.15) is 39.8 Å².